The van der Waals surface area contributed by atoms with Gasteiger partial charge in [-0.05, 0) is 51.5 Å². The van der Waals surface area contributed by atoms with Crippen LogP contribution in [-0.2, 0) is 20.2 Å². The van der Waals surface area contributed by atoms with Gasteiger partial charge in [0.2, 0.25) is 0 Å². The maximum absolute atomic E-state index is 14.3. The number of nitrogens with zero attached hydrogens (tertiary/aromatic N) is 2. The van der Waals surface area contributed by atoms with Crippen molar-refractivity contribution in [3.8, 4) is 0 Å². The van der Waals surface area contributed by atoms with Gasteiger partial charge >= 0.3 is 6.03 Å². The average Bonchev–Trinajstić information content (AvgIpc) is 3.30. The molecule has 4 rings (SSSR count). The summed E-state index contributed by atoms with van der Waals surface area (Å²) in [6.45, 7) is 4.10. The third-order valence-corrected chi connectivity index (χ3v) is 8.15. The molecule has 1 N–H and O–H groups in total. The smallest absolute Gasteiger partial charge is 0.325 e. The third-order valence-electron chi connectivity index (χ3n) is 6.40. The largest absolute Gasteiger partial charge is 0.344 e. The van der Waals surface area contributed by atoms with Crippen molar-refractivity contribution in [2.24, 2.45) is 0 Å². The zero-order chi connectivity index (χ0) is 24.3. The van der Waals surface area contributed by atoms with E-state index in [1.54, 1.807) is 24.5 Å². The first kappa shape index (κ1) is 23.1. The monoisotopic (exact) mass is 479 g/mol. The maximum atomic E-state index is 14.3. The number of halogens is 2. The summed E-state index contributed by atoms with van der Waals surface area (Å²) in [5, 5.41) is 2.36. The first-order valence-corrected chi connectivity index (χ1v) is 12.2. The van der Waals surface area contributed by atoms with Gasteiger partial charge in [-0.3, -0.25) is 14.5 Å². The number of carbonyl (C=O) groups excluding carboxylic acids is 3. The molecule has 2 aromatic rings. The number of carbonyl (C=O) groups is 3. The molecule has 2 aliphatic rings. The fraction of sp³-hybridized carbons (Fsp3) is 0.409. The number of hydrogen-bond donors (Lipinski definition) is 1. The summed E-state index contributed by atoms with van der Waals surface area (Å²) in [6, 6.07) is 3.02. The summed E-state index contributed by atoms with van der Waals surface area (Å²) in [7, 11) is -3.14. The molecule has 0 spiro atoms. The SMILES string of the molecule is Cc1cc(C(=O)CN2C(=O)NC(C)(c3cc(F)ccc3F)C2=O)c(C)n1C1CCS(=O)(=O)C1. The quantitative estimate of drug-likeness (QED) is 0.524. The summed E-state index contributed by atoms with van der Waals surface area (Å²) in [4.78, 5) is 39.3. The Morgan fingerprint density at radius 3 is 2.55 bits per heavy atom. The molecule has 2 atom stereocenters. The Balaban J connectivity index is 1.60. The van der Waals surface area contributed by atoms with E-state index < -0.39 is 51.3 Å². The Hall–Kier alpha value is -3.08. The fourth-order valence-corrected chi connectivity index (χ4v) is 6.43. The number of ketones is 1. The molecule has 11 heteroatoms. The van der Waals surface area contributed by atoms with Crippen LogP contribution in [0.3, 0.4) is 0 Å². The lowest BCUT2D eigenvalue weighted by Gasteiger charge is -2.22. The summed E-state index contributed by atoms with van der Waals surface area (Å²) in [6.07, 6.45) is 0.441. The number of aromatic nitrogens is 1. The van der Waals surface area contributed by atoms with Crippen molar-refractivity contribution in [3.63, 3.8) is 0 Å². The van der Waals surface area contributed by atoms with Gasteiger partial charge in [0.1, 0.15) is 17.2 Å². The van der Waals surface area contributed by atoms with Crippen molar-refractivity contribution in [2.75, 3.05) is 18.1 Å². The Morgan fingerprint density at radius 1 is 1.21 bits per heavy atom. The molecule has 3 heterocycles. The van der Waals surface area contributed by atoms with E-state index in [4.69, 9.17) is 0 Å². The highest BCUT2D eigenvalue weighted by Gasteiger charge is 2.51. The van der Waals surface area contributed by atoms with E-state index >= 15 is 0 Å². The standard InChI is InChI=1S/C22H23F2N3O5S/c1-12-8-16(13(2)27(12)15-6-7-33(31,32)11-15)19(28)10-26-20(29)22(3,25-21(26)30)17-9-14(23)4-5-18(17)24/h4-5,8-9,15H,6-7,10-11H2,1-3H3,(H,25,30). The highest BCUT2D eigenvalue weighted by molar-refractivity contribution is 7.91. The fourth-order valence-electron chi connectivity index (χ4n) is 4.73. The van der Waals surface area contributed by atoms with E-state index in [1.165, 1.54) is 6.92 Å². The first-order valence-electron chi connectivity index (χ1n) is 10.4. The number of nitrogens with one attached hydrogen (secondary N) is 1. The number of Topliss-reactive ketones (excluding diaryl/α,β-unsaturated/α-hetero) is 1. The molecule has 0 aliphatic carbocycles. The van der Waals surface area contributed by atoms with Crippen molar-refractivity contribution in [3.05, 3.63) is 58.4 Å². The Kier molecular flexibility index (Phi) is 5.43. The molecule has 8 nitrogen and oxygen atoms in total. The molecule has 33 heavy (non-hydrogen) atoms. The van der Waals surface area contributed by atoms with Crippen LogP contribution in [-0.4, -0.2) is 53.7 Å². The average molecular weight is 480 g/mol. The second kappa shape index (κ2) is 7.75. The molecule has 2 aliphatic heterocycles. The van der Waals surface area contributed by atoms with Crippen molar-refractivity contribution >= 4 is 27.6 Å². The van der Waals surface area contributed by atoms with Gasteiger partial charge in [-0.2, -0.15) is 0 Å². The van der Waals surface area contributed by atoms with Gasteiger partial charge in [-0.15, -0.1) is 0 Å². The molecule has 176 valence electrons. The molecular weight excluding hydrogens is 456 g/mol. The second-order valence-corrected chi connectivity index (χ2v) is 10.9. The third kappa shape index (κ3) is 3.84. The van der Waals surface area contributed by atoms with Crippen LogP contribution in [0.2, 0.25) is 0 Å². The lowest BCUT2D eigenvalue weighted by atomic mass is 9.91. The van der Waals surface area contributed by atoms with Gasteiger partial charge in [0.25, 0.3) is 5.91 Å². The molecule has 0 saturated carbocycles. The van der Waals surface area contributed by atoms with Crippen LogP contribution in [0.25, 0.3) is 0 Å². The van der Waals surface area contributed by atoms with Gasteiger partial charge in [-0.1, -0.05) is 0 Å². The number of benzene rings is 1. The summed E-state index contributed by atoms with van der Waals surface area (Å²) in [5.74, 6) is -2.97. The number of amides is 3. The molecule has 0 radical (unpaired) electrons. The lowest BCUT2D eigenvalue weighted by Crippen LogP contribution is -2.42. The summed E-state index contributed by atoms with van der Waals surface area (Å²) in [5.41, 5.74) is -0.690. The zero-order valence-electron chi connectivity index (χ0n) is 18.3. The molecule has 1 aromatic carbocycles. The van der Waals surface area contributed by atoms with E-state index in [1.807, 2.05) is 0 Å². The van der Waals surface area contributed by atoms with E-state index in [2.05, 4.69) is 5.32 Å². The maximum Gasteiger partial charge on any atom is 0.325 e. The highest BCUT2D eigenvalue weighted by Crippen LogP contribution is 2.32. The minimum absolute atomic E-state index is 0.0123. The lowest BCUT2D eigenvalue weighted by molar-refractivity contribution is -0.130. The topological polar surface area (TPSA) is 106 Å². The second-order valence-electron chi connectivity index (χ2n) is 8.71. The predicted molar refractivity (Wildman–Crippen MR) is 114 cm³/mol. The van der Waals surface area contributed by atoms with E-state index in [0.717, 1.165) is 18.2 Å². The van der Waals surface area contributed by atoms with Crippen LogP contribution >= 0.6 is 0 Å². The van der Waals surface area contributed by atoms with Crippen LogP contribution < -0.4 is 5.32 Å². The number of imide groups is 1. The summed E-state index contributed by atoms with van der Waals surface area (Å²) < 4.78 is 53.6. The molecular formula is C22H23F2N3O5S. The number of aryl methyl sites for hydroxylation is 1. The first-order chi connectivity index (χ1) is 15.3. The van der Waals surface area contributed by atoms with Gasteiger partial charge in [0, 0.05) is 28.6 Å². The minimum atomic E-state index is -3.14. The number of sulfone groups is 1. The number of rotatable bonds is 5. The molecule has 2 unspecified atom stereocenters. The molecule has 3 amide bonds. The van der Waals surface area contributed by atoms with E-state index in [-0.39, 0.29) is 28.7 Å². The molecule has 1 aromatic heterocycles. The van der Waals surface area contributed by atoms with Crippen LogP contribution in [0.15, 0.2) is 24.3 Å². The van der Waals surface area contributed by atoms with Crippen molar-refractivity contribution in [1.29, 1.82) is 0 Å². The van der Waals surface area contributed by atoms with Gasteiger partial charge in [-0.25, -0.2) is 22.0 Å². The Labute approximate surface area is 189 Å². The van der Waals surface area contributed by atoms with E-state index in [0.29, 0.717) is 22.7 Å². The highest BCUT2D eigenvalue weighted by atomic mass is 32.2. The molecule has 2 fully saturated rings. The van der Waals surface area contributed by atoms with Crippen LogP contribution in [0.4, 0.5) is 13.6 Å². The van der Waals surface area contributed by atoms with Crippen molar-refractivity contribution < 1.29 is 31.6 Å². The van der Waals surface area contributed by atoms with Crippen LogP contribution in [0.1, 0.15) is 46.7 Å². The molecule has 0 bridgehead atoms. The summed E-state index contributed by atoms with van der Waals surface area (Å²) >= 11 is 0. The number of hydrogen-bond acceptors (Lipinski definition) is 5. The number of urea groups is 1. The Bertz CT molecular complexity index is 1300. The van der Waals surface area contributed by atoms with Crippen LogP contribution in [0, 0.1) is 25.5 Å². The Morgan fingerprint density at radius 2 is 1.91 bits per heavy atom. The molecule has 2 saturated heterocycles. The van der Waals surface area contributed by atoms with Crippen molar-refractivity contribution in [1.82, 2.24) is 14.8 Å². The van der Waals surface area contributed by atoms with Crippen molar-refractivity contribution in [2.45, 2.75) is 38.8 Å². The minimum Gasteiger partial charge on any atom is -0.344 e. The predicted octanol–water partition coefficient (Wildman–Crippen LogP) is 2.39. The van der Waals surface area contributed by atoms with Gasteiger partial charge in [0.15, 0.2) is 15.6 Å². The van der Waals surface area contributed by atoms with E-state index in [9.17, 15) is 31.6 Å². The normalized spacial score (nSPS) is 24.4. The van der Waals surface area contributed by atoms with Gasteiger partial charge < -0.3 is 9.88 Å². The van der Waals surface area contributed by atoms with Crippen LogP contribution in [0.5, 0.6) is 0 Å². The van der Waals surface area contributed by atoms with Gasteiger partial charge in [0.05, 0.1) is 18.1 Å². The zero-order valence-corrected chi connectivity index (χ0v) is 19.1.